The second-order valence-corrected chi connectivity index (χ2v) is 7.34. The summed E-state index contributed by atoms with van der Waals surface area (Å²) in [6.07, 6.45) is 3.16. The summed E-state index contributed by atoms with van der Waals surface area (Å²) in [5, 5.41) is 9.80. The van der Waals surface area contributed by atoms with Gasteiger partial charge in [0.25, 0.3) is 0 Å². The van der Waals surface area contributed by atoms with Crippen LogP contribution in [0.2, 0.25) is 10.0 Å². The van der Waals surface area contributed by atoms with Crippen molar-refractivity contribution in [3.63, 3.8) is 0 Å². The fraction of sp³-hybridized carbons (Fsp3) is 0.286. The molecule has 0 bridgehead atoms. The van der Waals surface area contributed by atoms with Crippen LogP contribution in [0.15, 0.2) is 42.5 Å². The lowest BCUT2D eigenvalue weighted by Gasteiger charge is -2.13. The van der Waals surface area contributed by atoms with E-state index >= 15 is 0 Å². The van der Waals surface area contributed by atoms with Crippen molar-refractivity contribution in [3.8, 4) is 22.7 Å². The zero-order chi connectivity index (χ0) is 18.8. The first kappa shape index (κ1) is 18.2. The SMILES string of the molecule is CCOc1ccccc1-n1nc(-c2cc(Cl)ccc2Cl)c2c1NCCCC2. The summed E-state index contributed by atoms with van der Waals surface area (Å²) < 4.78 is 7.78. The van der Waals surface area contributed by atoms with E-state index in [-0.39, 0.29) is 0 Å². The number of halogens is 2. The van der Waals surface area contributed by atoms with Gasteiger partial charge in [-0.1, -0.05) is 35.3 Å². The summed E-state index contributed by atoms with van der Waals surface area (Å²) >= 11 is 12.7. The van der Waals surface area contributed by atoms with Crippen molar-refractivity contribution in [2.24, 2.45) is 0 Å². The Morgan fingerprint density at radius 2 is 2.00 bits per heavy atom. The van der Waals surface area contributed by atoms with Crippen LogP contribution in [0.4, 0.5) is 5.82 Å². The minimum absolute atomic E-state index is 0.598. The number of aromatic nitrogens is 2. The molecule has 0 spiro atoms. The molecule has 4 rings (SSSR count). The Balaban J connectivity index is 1.94. The zero-order valence-corrected chi connectivity index (χ0v) is 16.6. The van der Waals surface area contributed by atoms with Gasteiger partial charge in [0.1, 0.15) is 17.3 Å². The molecule has 1 aromatic heterocycles. The smallest absolute Gasteiger partial charge is 0.145 e. The van der Waals surface area contributed by atoms with Gasteiger partial charge in [0.15, 0.2) is 0 Å². The fourth-order valence-corrected chi connectivity index (χ4v) is 3.86. The third kappa shape index (κ3) is 3.52. The van der Waals surface area contributed by atoms with E-state index in [2.05, 4.69) is 5.32 Å². The predicted octanol–water partition coefficient (Wildman–Crippen LogP) is 5.99. The minimum Gasteiger partial charge on any atom is -0.492 e. The third-order valence-corrected chi connectivity index (χ3v) is 5.27. The number of anilines is 1. The molecular weight excluding hydrogens is 381 g/mol. The Bertz CT molecular complexity index is 968. The maximum Gasteiger partial charge on any atom is 0.145 e. The highest BCUT2D eigenvalue weighted by Gasteiger charge is 2.24. The van der Waals surface area contributed by atoms with Crippen molar-refractivity contribution in [3.05, 3.63) is 58.1 Å². The van der Waals surface area contributed by atoms with E-state index in [1.807, 2.05) is 48.0 Å². The molecule has 6 heteroatoms. The van der Waals surface area contributed by atoms with Gasteiger partial charge in [0.2, 0.25) is 0 Å². The molecule has 0 amide bonds. The molecule has 4 nitrogen and oxygen atoms in total. The fourth-order valence-electron chi connectivity index (χ4n) is 3.48. The summed E-state index contributed by atoms with van der Waals surface area (Å²) in [6.45, 7) is 3.49. The van der Waals surface area contributed by atoms with Gasteiger partial charge < -0.3 is 10.1 Å². The first-order valence-electron chi connectivity index (χ1n) is 9.22. The van der Waals surface area contributed by atoms with E-state index in [0.29, 0.717) is 16.7 Å². The summed E-state index contributed by atoms with van der Waals surface area (Å²) in [6, 6.07) is 13.5. The van der Waals surface area contributed by atoms with E-state index in [0.717, 1.165) is 54.3 Å². The highest BCUT2D eigenvalue weighted by atomic mass is 35.5. The van der Waals surface area contributed by atoms with Gasteiger partial charge in [-0.2, -0.15) is 5.10 Å². The number of hydrogen-bond acceptors (Lipinski definition) is 3. The molecular formula is C21H21Cl2N3O. The molecule has 0 saturated heterocycles. The second-order valence-electron chi connectivity index (χ2n) is 6.50. The first-order valence-corrected chi connectivity index (χ1v) is 9.98. The largest absolute Gasteiger partial charge is 0.492 e. The van der Waals surface area contributed by atoms with Gasteiger partial charge >= 0.3 is 0 Å². The van der Waals surface area contributed by atoms with Crippen LogP contribution in [0, 0.1) is 0 Å². The van der Waals surface area contributed by atoms with Crippen LogP contribution in [-0.4, -0.2) is 22.9 Å². The lowest BCUT2D eigenvalue weighted by molar-refractivity contribution is 0.338. The van der Waals surface area contributed by atoms with E-state index in [1.54, 1.807) is 6.07 Å². The number of nitrogens with one attached hydrogen (secondary N) is 1. The second kappa shape index (κ2) is 7.83. The van der Waals surface area contributed by atoms with E-state index in [9.17, 15) is 0 Å². The number of fused-ring (bicyclic) bond motifs is 1. The molecule has 0 aliphatic carbocycles. The molecule has 0 unspecified atom stereocenters. The Morgan fingerprint density at radius 1 is 1.15 bits per heavy atom. The van der Waals surface area contributed by atoms with Crippen LogP contribution in [0.25, 0.3) is 16.9 Å². The monoisotopic (exact) mass is 401 g/mol. The molecule has 2 aromatic carbocycles. The molecule has 27 heavy (non-hydrogen) atoms. The number of rotatable bonds is 4. The Hall–Kier alpha value is -2.17. The summed E-state index contributed by atoms with van der Waals surface area (Å²) in [7, 11) is 0. The Labute approximate surface area is 169 Å². The zero-order valence-electron chi connectivity index (χ0n) is 15.1. The van der Waals surface area contributed by atoms with Gasteiger partial charge in [0.05, 0.1) is 17.3 Å². The van der Waals surface area contributed by atoms with Crippen LogP contribution < -0.4 is 10.1 Å². The quantitative estimate of drug-likeness (QED) is 0.582. The van der Waals surface area contributed by atoms with Crippen molar-refractivity contribution >= 4 is 29.0 Å². The van der Waals surface area contributed by atoms with Gasteiger partial charge in [-0.25, -0.2) is 4.68 Å². The van der Waals surface area contributed by atoms with E-state index in [4.69, 9.17) is 33.0 Å². The van der Waals surface area contributed by atoms with Crippen molar-refractivity contribution in [2.75, 3.05) is 18.5 Å². The maximum absolute atomic E-state index is 6.50. The molecule has 3 aromatic rings. The van der Waals surface area contributed by atoms with Gasteiger partial charge in [0, 0.05) is 22.7 Å². The first-order chi connectivity index (χ1) is 13.2. The average molecular weight is 402 g/mol. The topological polar surface area (TPSA) is 39.1 Å². The number of benzene rings is 2. The Kier molecular flexibility index (Phi) is 5.28. The van der Waals surface area contributed by atoms with Crippen LogP contribution in [0.3, 0.4) is 0 Å². The van der Waals surface area contributed by atoms with Crippen LogP contribution in [0.1, 0.15) is 25.3 Å². The van der Waals surface area contributed by atoms with Gasteiger partial charge in [-0.3, -0.25) is 0 Å². The summed E-state index contributed by atoms with van der Waals surface area (Å²) in [5.41, 5.74) is 3.81. The van der Waals surface area contributed by atoms with Crippen LogP contribution >= 0.6 is 23.2 Å². The number of nitrogens with zero attached hydrogens (tertiary/aromatic N) is 2. The number of para-hydroxylation sites is 2. The third-order valence-electron chi connectivity index (χ3n) is 4.71. The minimum atomic E-state index is 0.598. The van der Waals surface area contributed by atoms with Gasteiger partial charge in [-0.15, -0.1) is 0 Å². The van der Waals surface area contributed by atoms with Gasteiger partial charge in [-0.05, 0) is 56.5 Å². The summed E-state index contributed by atoms with van der Waals surface area (Å²) in [4.78, 5) is 0. The average Bonchev–Trinajstić information content (AvgIpc) is 2.85. The Morgan fingerprint density at radius 3 is 2.85 bits per heavy atom. The van der Waals surface area contributed by atoms with Crippen molar-refractivity contribution in [1.29, 1.82) is 0 Å². The maximum atomic E-state index is 6.50. The van der Waals surface area contributed by atoms with Crippen molar-refractivity contribution in [1.82, 2.24) is 9.78 Å². The molecule has 1 aliphatic heterocycles. The molecule has 0 atom stereocenters. The predicted molar refractivity (Wildman–Crippen MR) is 112 cm³/mol. The number of ether oxygens (including phenoxy) is 1. The standard InChI is InChI=1S/C21H21Cl2N3O/c1-2-27-19-9-4-3-8-18(19)26-21-15(7-5-6-12-24-21)20(25-26)16-13-14(22)10-11-17(16)23/h3-4,8-11,13,24H,2,5-7,12H2,1H3. The molecule has 1 aliphatic rings. The normalized spacial score (nSPS) is 13.6. The van der Waals surface area contributed by atoms with E-state index < -0.39 is 0 Å². The highest BCUT2D eigenvalue weighted by Crippen LogP contribution is 2.39. The highest BCUT2D eigenvalue weighted by molar-refractivity contribution is 6.35. The molecule has 0 saturated carbocycles. The molecule has 0 radical (unpaired) electrons. The molecule has 2 heterocycles. The molecule has 140 valence electrons. The molecule has 0 fully saturated rings. The molecule has 1 N–H and O–H groups in total. The number of hydrogen-bond donors (Lipinski definition) is 1. The summed E-state index contributed by atoms with van der Waals surface area (Å²) in [5.74, 6) is 1.81. The lowest BCUT2D eigenvalue weighted by atomic mass is 10.0. The van der Waals surface area contributed by atoms with E-state index in [1.165, 1.54) is 5.56 Å². The lowest BCUT2D eigenvalue weighted by Crippen LogP contribution is -2.08. The van der Waals surface area contributed by atoms with Crippen LogP contribution in [0.5, 0.6) is 5.75 Å². The van der Waals surface area contributed by atoms with Crippen molar-refractivity contribution < 1.29 is 4.74 Å². The van der Waals surface area contributed by atoms with Crippen molar-refractivity contribution in [2.45, 2.75) is 26.2 Å². The van der Waals surface area contributed by atoms with Crippen LogP contribution in [-0.2, 0) is 6.42 Å².